The zero-order valence-corrected chi connectivity index (χ0v) is 22.2. The van der Waals surface area contributed by atoms with Gasteiger partial charge in [0, 0.05) is 30.0 Å². The zero-order valence-electron chi connectivity index (χ0n) is 22.2. The van der Waals surface area contributed by atoms with Crippen LogP contribution in [0.2, 0.25) is 0 Å². The summed E-state index contributed by atoms with van der Waals surface area (Å²) >= 11 is 0. The highest BCUT2D eigenvalue weighted by molar-refractivity contribution is 5.57. The normalized spacial score (nSPS) is 20.9. The Morgan fingerprint density at radius 1 is 1.16 bits per heavy atom. The molecule has 1 aliphatic heterocycles. The van der Waals surface area contributed by atoms with Crippen molar-refractivity contribution >= 4 is 0 Å². The lowest BCUT2D eigenvalue weighted by Crippen LogP contribution is -2.38. The first-order valence-electron chi connectivity index (χ1n) is 13.8. The fourth-order valence-corrected chi connectivity index (χ4v) is 6.16. The minimum absolute atomic E-state index is 0.123. The number of aromatic amines is 1. The maximum atomic E-state index is 14.2. The molecular formula is C29H39N7O. The number of hydrogen-bond acceptors (Lipinski definition) is 5. The number of unbranched alkanes of at least 4 members (excludes halogenated alkanes) is 1. The van der Waals surface area contributed by atoms with Crippen LogP contribution in [0, 0.1) is 11.8 Å². The quantitative estimate of drug-likeness (QED) is 0.424. The van der Waals surface area contributed by atoms with E-state index in [1.165, 1.54) is 19.3 Å². The van der Waals surface area contributed by atoms with E-state index < -0.39 is 5.41 Å². The molecule has 0 radical (unpaired) electrons. The molecule has 1 aliphatic carbocycles. The van der Waals surface area contributed by atoms with Crippen LogP contribution in [0.5, 0.6) is 0 Å². The van der Waals surface area contributed by atoms with Gasteiger partial charge >= 0.3 is 5.69 Å². The molecule has 2 atom stereocenters. The van der Waals surface area contributed by atoms with Gasteiger partial charge in [-0.25, -0.2) is 4.79 Å². The highest BCUT2D eigenvalue weighted by atomic mass is 16.1. The number of imidazole rings is 1. The predicted molar refractivity (Wildman–Crippen MR) is 146 cm³/mol. The molecule has 2 unspecified atom stereocenters. The lowest BCUT2D eigenvalue weighted by Gasteiger charge is -2.35. The van der Waals surface area contributed by atoms with Gasteiger partial charge in [0.05, 0.1) is 5.41 Å². The molecule has 0 spiro atoms. The van der Waals surface area contributed by atoms with E-state index in [2.05, 4.69) is 81.8 Å². The van der Waals surface area contributed by atoms with Crippen molar-refractivity contribution in [1.29, 1.82) is 0 Å². The van der Waals surface area contributed by atoms with E-state index in [-0.39, 0.29) is 11.7 Å². The minimum atomic E-state index is -0.480. The number of H-pyrrole nitrogens is 1. The van der Waals surface area contributed by atoms with Gasteiger partial charge in [-0.1, -0.05) is 70.4 Å². The first-order chi connectivity index (χ1) is 18.0. The highest BCUT2D eigenvalue weighted by Crippen LogP contribution is 2.39. The molecule has 0 saturated heterocycles. The van der Waals surface area contributed by atoms with Crippen molar-refractivity contribution in [3.63, 3.8) is 0 Å². The van der Waals surface area contributed by atoms with Crippen LogP contribution in [0.4, 0.5) is 0 Å². The Balaban J connectivity index is 1.58. The first kappa shape index (κ1) is 25.2. The van der Waals surface area contributed by atoms with Crippen LogP contribution in [0.15, 0.2) is 59.8 Å². The van der Waals surface area contributed by atoms with Crippen molar-refractivity contribution in [3.05, 3.63) is 76.8 Å². The van der Waals surface area contributed by atoms with Crippen molar-refractivity contribution in [2.75, 3.05) is 0 Å². The number of allylic oxidation sites excluding steroid dienone is 2. The van der Waals surface area contributed by atoms with E-state index in [4.69, 9.17) is 0 Å². The molecule has 37 heavy (non-hydrogen) atoms. The number of tetrazole rings is 1. The molecule has 1 aromatic carbocycles. The molecule has 2 aliphatic rings. The summed E-state index contributed by atoms with van der Waals surface area (Å²) in [6, 6.07) is 8.51. The monoisotopic (exact) mass is 501 g/mol. The zero-order chi connectivity index (χ0) is 25.8. The van der Waals surface area contributed by atoms with Crippen molar-refractivity contribution in [1.82, 2.24) is 35.1 Å². The van der Waals surface area contributed by atoms with Crippen molar-refractivity contribution in [2.24, 2.45) is 11.8 Å². The van der Waals surface area contributed by atoms with Gasteiger partial charge in [-0.05, 0) is 66.8 Å². The molecule has 1 saturated carbocycles. The summed E-state index contributed by atoms with van der Waals surface area (Å²) in [5.74, 6) is 1.66. The molecule has 5 rings (SSSR count). The summed E-state index contributed by atoms with van der Waals surface area (Å²) in [6.07, 6.45) is 18.2. The van der Waals surface area contributed by atoms with Gasteiger partial charge in [-0.3, -0.25) is 9.13 Å². The Morgan fingerprint density at radius 2 is 1.97 bits per heavy atom. The van der Waals surface area contributed by atoms with Gasteiger partial charge in [-0.2, -0.15) is 5.21 Å². The van der Waals surface area contributed by atoms with Crippen LogP contribution < -0.4 is 11.0 Å². The van der Waals surface area contributed by atoms with E-state index in [1.807, 2.05) is 29.1 Å². The number of rotatable bonds is 9. The Morgan fingerprint density at radius 3 is 2.70 bits per heavy atom. The van der Waals surface area contributed by atoms with Gasteiger partial charge in [0.2, 0.25) is 5.82 Å². The Labute approximate surface area is 218 Å². The number of aryl methyl sites for hydroxylation is 1. The SMILES string of the molecule is CCCCc1cn(C2CCCCC2C(C)C)c(=O)n1CC1(c2cccc(-c3nn[nH]n3)c2)C=CNC=C1. The molecular weight excluding hydrogens is 462 g/mol. The van der Waals surface area contributed by atoms with E-state index in [0.717, 1.165) is 42.5 Å². The Kier molecular flexibility index (Phi) is 7.44. The summed E-state index contributed by atoms with van der Waals surface area (Å²) in [4.78, 5) is 14.2. The van der Waals surface area contributed by atoms with Crippen molar-refractivity contribution in [2.45, 2.75) is 83.7 Å². The van der Waals surface area contributed by atoms with Gasteiger partial charge in [0.25, 0.3) is 0 Å². The van der Waals surface area contributed by atoms with Crippen molar-refractivity contribution < 1.29 is 0 Å². The van der Waals surface area contributed by atoms with Crippen LogP contribution >= 0.6 is 0 Å². The van der Waals surface area contributed by atoms with Gasteiger partial charge in [-0.15, -0.1) is 10.2 Å². The number of hydrogen-bond donors (Lipinski definition) is 2. The van der Waals surface area contributed by atoms with Crippen molar-refractivity contribution in [3.8, 4) is 11.4 Å². The summed E-state index contributed by atoms with van der Waals surface area (Å²) in [5.41, 5.74) is 2.75. The number of benzene rings is 1. The molecule has 3 aromatic rings. The third-order valence-corrected chi connectivity index (χ3v) is 8.25. The number of nitrogens with zero attached hydrogens (tertiary/aromatic N) is 5. The molecule has 1 fully saturated rings. The molecule has 8 heteroatoms. The number of nitrogens with one attached hydrogen (secondary N) is 2. The second-order valence-corrected chi connectivity index (χ2v) is 10.9. The fraction of sp³-hybridized carbons (Fsp3) is 0.517. The number of aromatic nitrogens is 6. The average molecular weight is 502 g/mol. The molecule has 196 valence electrons. The molecule has 0 amide bonds. The molecule has 2 N–H and O–H groups in total. The molecule has 2 aromatic heterocycles. The topological polar surface area (TPSA) is 93.4 Å². The molecule has 3 heterocycles. The fourth-order valence-electron chi connectivity index (χ4n) is 6.16. The number of dihydropyridines is 1. The summed E-state index contributed by atoms with van der Waals surface area (Å²) in [6.45, 7) is 7.36. The van der Waals surface area contributed by atoms with Crippen LogP contribution in [-0.4, -0.2) is 29.8 Å². The van der Waals surface area contributed by atoms with E-state index in [9.17, 15) is 4.79 Å². The Bertz CT molecular complexity index is 1290. The van der Waals surface area contributed by atoms with Gasteiger partial charge in [0.1, 0.15) is 0 Å². The average Bonchev–Trinajstić information content (AvgIpc) is 3.57. The van der Waals surface area contributed by atoms with E-state index >= 15 is 0 Å². The van der Waals surface area contributed by atoms with Gasteiger partial charge in [0.15, 0.2) is 0 Å². The molecule has 0 bridgehead atoms. The van der Waals surface area contributed by atoms with Gasteiger partial charge < -0.3 is 5.32 Å². The molecule has 8 nitrogen and oxygen atoms in total. The third kappa shape index (κ3) is 5.06. The van der Waals surface area contributed by atoms with Crippen LogP contribution in [0.25, 0.3) is 11.4 Å². The van der Waals surface area contributed by atoms with E-state index in [1.54, 1.807) is 0 Å². The minimum Gasteiger partial charge on any atom is -0.368 e. The maximum Gasteiger partial charge on any atom is 0.328 e. The lowest BCUT2D eigenvalue weighted by molar-refractivity contribution is 0.180. The largest absolute Gasteiger partial charge is 0.368 e. The predicted octanol–water partition coefficient (Wildman–Crippen LogP) is 5.13. The smallest absolute Gasteiger partial charge is 0.328 e. The standard InChI is InChI=1S/C29H39N7O/c1-4-5-11-24-19-35(26-13-7-6-12-25(26)21(2)3)28(37)36(24)20-29(14-16-30-17-15-29)23-10-8-9-22(18-23)27-31-33-34-32-27/h8-10,14-19,21,25-26,30H,4-7,11-13,20H2,1-3H3,(H,31,32,33,34). The Hall–Kier alpha value is -3.42. The van der Waals surface area contributed by atoms with Crippen LogP contribution in [-0.2, 0) is 18.4 Å². The second kappa shape index (κ2) is 10.9. The van der Waals surface area contributed by atoms with Crippen LogP contribution in [0.1, 0.15) is 76.6 Å². The first-order valence-corrected chi connectivity index (χ1v) is 13.8. The second-order valence-electron chi connectivity index (χ2n) is 10.9. The maximum absolute atomic E-state index is 14.2. The summed E-state index contributed by atoms with van der Waals surface area (Å²) in [5, 5.41) is 17.8. The van der Waals surface area contributed by atoms with E-state index in [0.29, 0.717) is 24.2 Å². The summed E-state index contributed by atoms with van der Waals surface area (Å²) in [7, 11) is 0. The lowest BCUT2D eigenvalue weighted by atomic mass is 9.77. The highest BCUT2D eigenvalue weighted by Gasteiger charge is 2.34. The summed E-state index contributed by atoms with van der Waals surface area (Å²) < 4.78 is 4.13. The third-order valence-electron chi connectivity index (χ3n) is 8.25. The van der Waals surface area contributed by atoms with Crippen LogP contribution in [0.3, 0.4) is 0 Å².